The Morgan fingerprint density at radius 1 is 1.11 bits per heavy atom. The maximum Gasteiger partial charge on any atom is 0.248 e. The van der Waals surface area contributed by atoms with Crippen LogP contribution in [0, 0.1) is 5.92 Å². The summed E-state index contributed by atoms with van der Waals surface area (Å²) in [6.45, 7) is 1.71. The molecule has 11 heteroatoms. The molecule has 6 rings (SSSR count). The lowest BCUT2D eigenvalue weighted by Gasteiger charge is -2.35. The van der Waals surface area contributed by atoms with Gasteiger partial charge in [-0.2, -0.15) is 5.10 Å². The molecule has 1 aliphatic rings. The van der Waals surface area contributed by atoms with E-state index in [0.29, 0.717) is 25.3 Å². The Hall–Kier alpha value is -3.99. The van der Waals surface area contributed by atoms with Crippen LogP contribution in [0.5, 0.6) is 0 Å². The van der Waals surface area contributed by atoms with Crippen LogP contribution in [0.4, 0.5) is 8.78 Å². The lowest BCUT2D eigenvalue weighted by molar-refractivity contribution is -0.109. The molecule has 0 aromatic carbocycles. The molecule has 0 unspecified atom stereocenters. The predicted molar refractivity (Wildman–Crippen MR) is 124 cm³/mol. The number of imidazole rings is 1. The van der Waals surface area contributed by atoms with E-state index in [-0.39, 0.29) is 18.8 Å². The minimum absolute atomic E-state index is 0.0137. The summed E-state index contributed by atoms with van der Waals surface area (Å²) in [4.78, 5) is 8.97. The molecule has 1 saturated carbocycles. The zero-order chi connectivity index (χ0) is 23.8. The highest BCUT2D eigenvalue weighted by Gasteiger charge is 2.44. The summed E-state index contributed by atoms with van der Waals surface area (Å²) in [5.41, 5.74) is 5.17. The summed E-state index contributed by atoms with van der Waals surface area (Å²) < 4.78 is 31.4. The van der Waals surface area contributed by atoms with Gasteiger partial charge in [-0.05, 0) is 36.2 Å². The highest BCUT2D eigenvalue weighted by atomic mass is 19.3. The van der Waals surface area contributed by atoms with Crippen molar-refractivity contribution in [2.75, 3.05) is 6.54 Å². The van der Waals surface area contributed by atoms with Crippen LogP contribution in [0.1, 0.15) is 24.1 Å². The zero-order valence-electron chi connectivity index (χ0n) is 18.8. The third-order valence-corrected chi connectivity index (χ3v) is 6.15. The van der Waals surface area contributed by atoms with Crippen molar-refractivity contribution in [3.05, 3.63) is 78.9 Å². The number of rotatable bonds is 8. The van der Waals surface area contributed by atoms with Gasteiger partial charge in [-0.25, -0.2) is 23.1 Å². The van der Waals surface area contributed by atoms with E-state index >= 15 is 0 Å². The van der Waals surface area contributed by atoms with Crippen molar-refractivity contribution in [3.8, 4) is 16.9 Å². The van der Waals surface area contributed by atoms with Gasteiger partial charge in [0.1, 0.15) is 11.3 Å². The van der Waals surface area contributed by atoms with E-state index < -0.39 is 5.92 Å². The fourth-order valence-corrected chi connectivity index (χ4v) is 4.41. The number of alkyl halides is 2. The van der Waals surface area contributed by atoms with E-state index in [1.807, 2.05) is 53.5 Å². The molecular weight excluding hydrogens is 452 g/mol. The molecular formula is C24H23F2N9. The molecule has 5 heterocycles. The molecule has 0 saturated heterocycles. The predicted octanol–water partition coefficient (Wildman–Crippen LogP) is 3.36. The van der Waals surface area contributed by atoms with E-state index in [0.717, 1.165) is 28.2 Å². The van der Waals surface area contributed by atoms with Gasteiger partial charge in [-0.15, -0.1) is 5.10 Å². The number of fused-ring (bicyclic) bond motifs is 1. The van der Waals surface area contributed by atoms with Gasteiger partial charge in [0.05, 0.1) is 30.3 Å². The van der Waals surface area contributed by atoms with E-state index in [2.05, 4.69) is 30.7 Å². The molecule has 5 aromatic heterocycles. The molecule has 0 radical (unpaired) electrons. The minimum Gasteiger partial charge on any atom is -0.312 e. The number of nitrogens with zero attached hydrogens (tertiary/aromatic N) is 8. The molecule has 0 amide bonds. The highest BCUT2D eigenvalue weighted by Crippen LogP contribution is 2.41. The van der Waals surface area contributed by atoms with Crippen LogP contribution in [0.2, 0.25) is 0 Å². The monoisotopic (exact) mass is 475 g/mol. The average molecular weight is 476 g/mol. The van der Waals surface area contributed by atoms with Crippen molar-refractivity contribution in [2.45, 2.75) is 31.9 Å². The topological polar surface area (TPSA) is 90.8 Å². The molecule has 0 atom stereocenters. The van der Waals surface area contributed by atoms with Gasteiger partial charge in [0, 0.05) is 55.9 Å². The molecule has 9 nitrogen and oxygen atoms in total. The molecule has 0 bridgehead atoms. The van der Waals surface area contributed by atoms with Crippen LogP contribution in [0.25, 0.3) is 22.6 Å². The Balaban J connectivity index is 1.11. The molecule has 35 heavy (non-hydrogen) atoms. The van der Waals surface area contributed by atoms with E-state index in [1.54, 1.807) is 28.0 Å². The fourth-order valence-electron chi connectivity index (χ4n) is 4.41. The third kappa shape index (κ3) is 4.67. The van der Waals surface area contributed by atoms with Crippen LogP contribution < -0.4 is 5.32 Å². The first-order chi connectivity index (χ1) is 17.0. The normalized spacial score (nSPS) is 15.5. The highest BCUT2D eigenvalue weighted by molar-refractivity contribution is 5.59. The Kier molecular flexibility index (Phi) is 5.33. The quantitative estimate of drug-likeness (QED) is 0.370. The maximum absolute atomic E-state index is 13.0. The smallest absolute Gasteiger partial charge is 0.248 e. The van der Waals surface area contributed by atoms with Crippen molar-refractivity contribution >= 4 is 5.65 Å². The summed E-state index contributed by atoms with van der Waals surface area (Å²) >= 11 is 0. The third-order valence-electron chi connectivity index (χ3n) is 6.15. The largest absolute Gasteiger partial charge is 0.312 e. The first kappa shape index (κ1) is 21.5. The van der Waals surface area contributed by atoms with Gasteiger partial charge in [0.15, 0.2) is 0 Å². The van der Waals surface area contributed by atoms with Crippen molar-refractivity contribution in [1.82, 2.24) is 44.5 Å². The van der Waals surface area contributed by atoms with Gasteiger partial charge >= 0.3 is 0 Å². The van der Waals surface area contributed by atoms with Gasteiger partial charge in [0.25, 0.3) is 0 Å². The van der Waals surface area contributed by atoms with E-state index in [1.165, 1.54) is 0 Å². The van der Waals surface area contributed by atoms with Crippen LogP contribution in [-0.4, -0.2) is 51.6 Å². The number of hydrogen-bond donors (Lipinski definition) is 1. The zero-order valence-corrected chi connectivity index (χ0v) is 18.8. The number of hydrogen-bond acceptors (Lipinski definition) is 6. The SMILES string of the molecule is FC1(F)CC(CNCc2ccc3nc(Cn4cc(-c5cncc(-n6cccn6)c5)nn4)cn3c2)C1. The second-order valence-electron chi connectivity index (χ2n) is 8.98. The van der Waals surface area contributed by atoms with Crippen LogP contribution in [0.3, 0.4) is 0 Å². The first-order valence-corrected chi connectivity index (χ1v) is 11.4. The molecule has 1 fully saturated rings. The van der Waals surface area contributed by atoms with Crippen molar-refractivity contribution in [3.63, 3.8) is 0 Å². The van der Waals surface area contributed by atoms with Crippen LogP contribution in [-0.2, 0) is 13.1 Å². The molecule has 1 aliphatic carbocycles. The summed E-state index contributed by atoms with van der Waals surface area (Å²) in [7, 11) is 0. The van der Waals surface area contributed by atoms with Crippen LogP contribution >= 0.6 is 0 Å². The maximum atomic E-state index is 13.0. The average Bonchev–Trinajstić information content (AvgIpc) is 3.59. The lowest BCUT2D eigenvalue weighted by atomic mass is 9.81. The number of pyridine rings is 2. The minimum atomic E-state index is -2.47. The van der Waals surface area contributed by atoms with Gasteiger partial charge < -0.3 is 9.72 Å². The Bertz CT molecular complexity index is 1450. The molecule has 1 N–H and O–H groups in total. The molecule has 0 aliphatic heterocycles. The Morgan fingerprint density at radius 2 is 2.03 bits per heavy atom. The lowest BCUT2D eigenvalue weighted by Crippen LogP contribution is -2.40. The second-order valence-corrected chi connectivity index (χ2v) is 8.98. The van der Waals surface area contributed by atoms with E-state index in [9.17, 15) is 8.78 Å². The van der Waals surface area contributed by atoms with Gasteiger partial charge in [-0.1, -0.05) is 11.3 Å². The van der Waals surface area contributed by atoms with E-state index in [4.69, 9.17) is 0 Å². The summed E-state index contributed by atoms with van der Waals surface area (Å²) in [5, 5.41) is 16.1. The number of nitrogens with one attached hydrogen (secondary N) is 1. The Labute approximate surface area is 199 Å². The van der Waals surface area contributed by atoms with Crippen molar-refractivity contribution in [1.29, 1.82) is 0 Å². The number of aromatic nitrogens is 8. The standard InChI is InChI=1S/C24H23F2N9/c25-24(26)7-18(8-24)10-27-9-17-2-3-23-30-20(14-33(23)13-17)15-34-16-22(31-32-34)19-6-21(12-28-11-19)35-5-1-4-29-35/h1-6,11-14,16,18,27H,7-10,15H2. The van der Waals surface area contributed by atoms with Crippen molar-refractivity contribution in [2.24, 2.45) is 5.92 Å². The van der Waals surface area contributed by atoms with Crippen LogP contribution in [0.15, 0.2) is 67.6 Å². The summed E-state index contributed by atoms with van der Waals surface area (Å²) in [5.74, 6) is -2.41. The summed E-state index contributed by atoms with van der Waals surface area (Å²) in [6, 6.07) is 7.78. The molecule has 5 aromatic rings. The van der Waals surface area contributed by atoms with Gasteiger partial charge in [-0.3, -0.25) is 4.98 Å². The first-order valence-electron chi connectivity index (χ1n) is 11.4. The van der Waals surface area contributed by atoms with Crippen molar-refractivity contribution < 1.29 is 8.78 Å². The molecule has 178 valence electrons. The second kappa shape index (κ2) is 8.66. The van der Waals surface area contributed by atoms with Gasteiger partial charge in [0.2, 0.25) is 5.92 Å². The summed E-state index contributed by atoms with van der Waals surface area (Å²) in [6.07, 6.45) is 12.9. The number of halogens is 2. The Morgan fingerprint density at radius 3 is 2.86 bits per heavy atom. The fraction of sp³-hybridized carbons (Fsp3) is 0.292. The molecule has 0 spiro atoms.